The van der Waals surface area contributed by atoms with Gasteiger partial charge in [-0.15, -0.1) is 11.3 Å². The number of thioether (sulfide) groups is 1. The second-order valence-electron chi connectivity index (χ2n) is 3.23. The third-order valence-corrected chi connectivity index (χ3v) is 4.06. The molecule has 2 aromatic rings. The summed E-state index contributed by atoms with van der Waals surface area (Å²) < 4.78 is 2.40. The fraction of sp³-hybridized carbons (Fsp3) is 0.300. The van der Waals surface area contributed by atoms with E-state index in [-0.39, 0.29) is 0 Å². The predicted octanol–water partition coefficient (Wildman–Crippen LogP) is 3.08. The lowest BCUT2D eigenvalue weighted by molar-refractivity contribution is 1.13. The zero-order valence-corrected chi connectivity index (χ0v) is 10.1. The highest BCUT2D eigenvalue weighted by Crippen LogP contribution is 2.30. The van der Waals surface area contributed by atoms with Crippen LogP contribution in [0.2, 0.25) is 0 Å². The summed E-state index contributed by atoms with van der Waals surface area (Å²) in [6, 6.07) is 6.40. The topological polar surface area (TPSA) is 16.1 Å². The molecule has 0 aliphatic carbocycles. The first-order valence-electron chi connectivity index (χ1n) is 4.32. The molecule has 0 aliphatic heterocycles. The Balaban J connectivity index is 2.54. The summed E-state index contributed by atoms with van der Waals surface area (Å²) in [6.45, 7) is 0. The molecule has 0 saturated heterocycles. The third-order valence-electron chi connectivity index (χ3n) is 2.04. The van der Waals surface area contributed by atoms with Gasteiger partial charge in [0.15, 0.2) is 4.34 Å². The number of nitrogens with zero attached hydrogens (tertiary/aromatic N) is 2. The molecular weight excluding hydrogens is 212 g/mol. The number of hydrogen-bond acceptors (Lipinski definition) is 4. The molecular formula is C10H12N2S2. The Morgan fingerprint density at radius 2 is 2.14 bits per heavy atom. The van der Waals surface area contributed by atoms with E-state index in [4.69, 9.17) is 0 Å². The van der Waals surface area contributed by atoms with Crippen molar-refractivity contribution in [1.82, 2.24) is 4.98 Å². The molecule has 0 fully saturated rings. The standard InChI is InChI=1S/C10H12N2S2/c1-12(2)7-4-5-9-8(6-7)11-10(13-3)14-9/h4-6H,1-3H3. The zero-order chi connectivity index (χ0) is 10.1. The maximum Gasteiger partial charge on any atom is 0.150 e. The molecule has 0 unspecified atom stereocenters. The van der Waals surface area contributed by atoms with Crippen molar-refractivity contribution in [2.75, 3.05) is 25.3 Å². The summed E-state index contributed by atoms with van der Waals surface area (Å²) in [5, 5.41) is 0. The molecule has 0 radical (unpaired) electrons. The third kappa shape index (κ3) is 1.72. The number of aromatic nitrogens is 1. The van der Waals surface area contributed by atoms with Gasteiger partial charge in [-0.2, -0.15) is 0 Å². The molecule has 1 aromatic heterocycles. The van der Waals surface area contributed by atoms with Crippen LogP contribution in [0.4, 0.5) is 5.69 Å². The lowest BCUT2D eigenvalue weighted by atomic mass is 10.3. The van der Waals surface area contributed by atoms with E-state index in [1.165, 1.54) is 10.4 Å². The molecule has 0 aliphatic rings. The quantitative estimate of drug-likeness (QED) is 0.729. The predicted molar refractivity (Wildman–Crippen MR) is 65.7 cm³/mol. The lowest BCUT2D eigenvalue weighted by Gasteiger charge is -2.11. The molecule has 0 spiro atoms. The lowest BCUT2D eigenvalue weighted by Crippen LogP contribution is -2.07. The highest BCUT2D eigenvalue weighted by atomic mass is 32.2. The molecule has 0 N–H and O–H groups in total. The first-order chi connectivity index (χ1) is 6.70. The van der Waals surface area contributed by atoms with Crippen molar-refractivity contribution >= 4 is 39.0 Å². The maximum absolute atomic E-state index is 4.53. The zero-order valence-electron chi connectivity index (χ0n) is 8.44. The molecule has 14 heavy (non-hydrogen) atoms. The first-order valence-corrected chi connectivity index (χ1v) is 6.37. The minimum atomic E-state index is 1.10. The number of hydrogen-bond donors (Lipinski definition) is 0. The largest absolute Gasteiger partial charge is 0.378 e. The molecule has 2 nitrogen and oxygen atoms in total. The molecule has 0 bridgehead atoms. The highest BCUT2D eigenvalue weighted by Gasteiger charge is 2.04. The second-order valence-corrected chi connectivity index (χ2v) is 5.31. The summed E-state index contributed by atoms with van der Waals surface area (Å²) in [6.07, 6.45) is 2.06. The Morgan fingerprint density at radius 1 is 1.36 bits per heavy atom. The summed E-state index contributed by atoms with van der Waals surface area (Å²) in [4.78, 5) is 6.62. The Morgan fingerprint density at radius 3 is 2.79 bits per heavy atom. The van der Waals surface area contributed by atoms with Crippen LogP contribution in [0.3, 0.4) is 0 Å². The van der Waals surface area contributed by atoms with E-state index in [1.54, 1.807) is 23.1 Å². The van der Waals surface area contributed by atoms with Gasteiger partial charge in [0, 0.05) is 19.8 Å². The van der Waals surface area contributed by atoms with Crippen molar-refractivity contribution in [3.05, 3.63) is 18.2 Å². The van der Waals surface area contributed by atoms with E-state index >= 15 is 0 Å². The smallest absolute Gasteiger partial charge is 0.150 e. The normalized spacial score (nSPS) is 10.8. The average Bonchev–Trinajstić information content (AvgIpc) is 2.58. The van der Waals surface area contributed by atoms with Gasteiger partial charge in [-0.1, -0.05) is 11.8 Å². The van der Waals surface area contributed by atoms with Gasteiger partial charge < -0.3 is 4.90 Å². The van der Waals surface area contributed by atoms with Crippen LogP contribution in [0.5, 0.6) is 0 Å². The molecule has 0 atom stereocenters. The Labute approximate surface area is 92.0 Å². The highest BCUT2D eigenvalue weighted by molar-refractivity contribution is 8.00. The fourth-order valence-electron chi connectivity index (χ4n) is 1.26. The summed E-state index contributed by atoms with van der Waals surface area (Å²) in [5.41, 5.74) is 2.31. The number of anilines is 1. The van der Waals surface area contributed by atoms with Crippen LogP contribution in [0.1, 0.15) is 0 Å². The van der Waals surface area contributed by atoms with Gasteiger partial charge in [0.1, 0.15) is 0 Å². The van der Waals surface area contributed by atoms with Gasteiger partial charge >= 0.3 is 0 Å². The van der Waals surface area contributed by atoms with Crippen LogP contribution in [0, 0.1) is 0 Å². The van der Waals surface area contributed by atoms with Gasteiger partial charge in [0.2, 0.25) is 0 Å². The maximum atomic E-state index is 4.53. The number of rotatable bonds is 2. The number of fused-ring (bicyclic) bond motifs is 1. The number of benzene rings is 1. The van der Waals surface area contributed by atoms with Crippen molar-refractivity contribution in [3.8, 4) is 0 Å². The second kappa shape index (κ2) is 3.79. The Kier molecular flexibility index (Phi) is 2.65. The van der Waals surface area contributed by atoms with Crippen LogP contribution < -0.4 is 4.90 Å². The number of thiazole rings is 1. The van der Waals surface area contributed by atoms with Crippen molar-refractivity contribution in [3.63, 3.8) is 0 Å². The van der Waals surface area contributed by atoms with Crippen LogP contribution in [0.25, 0.3) is 10.2 Å². The van der Waals surface area contributed by atoms with Gasteiger partial charge in [0.05, 0.1) is 10.2 Å². The van der Waals surface area contributed by atoms with E-state index in [2.05, 4.69) is 34.3 Å². The molecule has 4 heteroatoms. The molecule has 74 valence electrons. The summed E-state index contributed by atoms with van der Waals surface area (Å²) in [7, 11) is 4.09. The fourth-order valence-corrected chi connectivity index (χ4v) is 2.73. The SMILES string of the molecule is CSc1nc2cc(N(C)C)ccc2s1. The molecule has 2 rings (SSSR count). The van der Waals surface area contributed by atoms with Crippen molar-refractivity contribution in [2.45, 2.75) is 4.34 Å². The average molecular weight is 224 g/mol. The molecule has 0 amide bonds. The van der Waals surface area contributed by atoms with E-state index in [0.717, 1.165) is 9.86 Å². The Bertz CT molecular complexity index is 448. The Hall–Kier alpha value is -0.740. The molecule has 1 aromatic carbocycles. The van der Waals surface area contributed by atoms with E-state index in [0.29, 0.717) is 0 Å². The van der Waals surface area contributed by atoms with Crippen molar-refractivity contribution < 1.29 is 0 Å². The van der Waals surface area contributed by atoms with Crippen LogP contribution >= 0.6 is 23.1 Å². The summed E-state index contributed by atoms with van der Waals surface area (Å²) >= 11 is 3.45. The van der Waals surface area contributed by atoms with Gasteiger partial charge in [-0.25, -0.2) is 4.98 Å². The van der Waals surface area contributed by atoms with E-state index in [1.807, 2.05) is 14.1 Å². The van der Waals surface area contributed by atoms with E-state index < -0.39 is 0 Å². The van der Waals surface area contributed by atoms with Gasteiger partial charge in [-0.05, 0) is 24.5 Å². The minimum absolute atomic E-state index is 1.10. The van der Waals surface area contributed by atoms with E-state index in [9.17, 15) is 0 Å². The summed E-state index contributed by atoms with van der Waals surface area (Å²) in [5.74, 6) is 0. The minimum Gasteiger partial charge on any atom is -0.378 e. The van der Waals surface area contributed by atoms with Crippen LogP contribution in [0.15, 0.2) is 22.5 Å². The van der Waals surface area contributed by atoms with Crippen LogP contribution in [-0.2, 0) is 0 Å². The van der Waals surface area contributed by atoms with Gasteiger partial charge in [-0.3, -0.25) is 0 Å². The van der Waals surface area contributed by atoms with Crippen LogP contribution in [-0.4, -0.2) is 25.3 Å². The van der Waals surface area contributed by atoms with Gasteiger partial charge in [0.25, 0.3) is 0 Å². The monoisotopic (exact) mass is 224 g/mol. The van der Waals surface area contributed by atoms with Crippen molar-refractivity contribution in [2.24, 2.45) is 0 Å². The van der Waals surface area contributed by atoms with Crippen molar-refractivity contribution in [1.29, 1.82) is 0 Å². The molecule has 0 saturated carbocycles. The molecule has 1 heterocycles. The first kappa shape index (κ1) is 9.80.